The lowest BCUT2D eigenvalue weighted by atomic mass is 9.95. The Kier molecular flexibility index (Phi) is 4.64. The molecule has 0 atom stereocenters. The van der Waals surface area contributed by atoms with E-state index in [1.54, 1.807) is 0 Å². The standard InChI is InChI=1S/C20H27N3O2/c24-19(16-8-12-23(13-9-16)20(25)17-5-6-17)21-10-14-22-11-7-15-3-1-2-4-18(15)22/h1-4,16-17H,5-14H2,(H,21,24). The third-order valence-electron chi connectivity index (χ3n) is 5.77. The number of hydrogen-bond acceptors (Lipinski definition) is 3. The van der Waals surface area contributed by atoms with Crippen LogP contribution in [0.15, 0.2) is 24.3 Å². The molecular weight excluding hydrogens is 314 g/mol. The summed E-state index contributed by atoms with van der Waals surface area (Å²) >= 11 is 0. The van der Waals surface area contributed by atoms with Gasteiger partial charge in [-0.2, -0.15) is 0 Å². The summed E-state index contributed by atoms with van der Waals surface area (Å²) in [4.78, 5) is 28.8. The first-order valence-corrected chi connectivity index (χ1v) is 9.62. The van der Waals surface area contributed by atoms with Gasteiger partial charge in [0.15, 0.2) is 0 Å². The number of carbonyl (C=O) groups excluding carboxylic acids is 2. The van der Waals surface area contributed by atoms with Crippen molar-refractivity contribution in [3.05, 3.63) is 29.8 Å². The zero-order valence-electron chi connectivity index (χ0n) is 14.7. The molecule has 2 aliphatic heterocycles. The second kappa shape index (κ2) is 7.06. The monoisotopic (exact) mass is 341 g/mol. The van der Waals surface area contributed by atoms with Gasteiger partial charge in [-0.25, -0.2) is 0 Å². The number of para-hydroxylation sites is 1. The van der Waals surface area contributed by atoms with Crippen LogP contribution in [-0.2, 0) is 16.0 Å². The molecule has 25 heavy (non-hydrogen) atoms. The smallest absolute Gasteiger partial charge is 0.225 e. The number of benzene rings is 1. The second-order valence-electron chi connectivity index (χ2n) is 7.53. The largest absolute Gasteiger partial charge is 0.369 e. The number of hydrogen-bond donors (Lipinski definition) is 1. The van der Waals surface area contributed by atoms with Gasteiger partial charge in [0.1, 0.15) is 0 Å². The zero-order chi connectivity index (χ0) is 17.2. The third-order valence-corrected chi connectivity index (χ3v) is 5.77. The Labute approximate surface area is 149 Å². The molecule has 1 aliphatic carbocycles. The molecule has 5 nitrogen and oxygen atoms in total. The van der Waals surface area contributed by atoms with Crippen molar-refractivity contribution in [2.75, 3.05) is 37.6 Å². The minimum Gasteiger partial charge on any atom is -0.369 e. The molecule has 4 rings (SSSR count). The molecule has 5 heteroatoms. The highest BCUT2D eigenvalue weighted by molar-refractivity contribution is 5.82. The average molecular weight is 341 g/mol. The van der Waals surface area contributed by atoms with Crippen LogP contribution in [0.5, 0.6) is 0 Å². The fraction of sp³-hybridized carbons (Fsp3) is 0.600. The van der Waals surface area contributed by atoms with Gasteiger partial charge >= 0.3 is 0 Å². The summed E-state index contributed by atoms with van der Waals surface area (Å²) in [5, 5.41) is 3.11. The average Bonchev–Trinajstić information content (AvgIpc) is 3.43. The number of rotatable bonds is 5. The van der Waals surface area contributed by atoms with Crippen molar-refractivity contribution >= 4 is 17.5 Å². The summed E-state index contributed by atoms with van der Waals surface area (Å²) in [6.07, 6.45) is 4.81. The van der Waals surface area contributed by atoms with E-state index in [2.05, 4.69) is 34.5 Å². The lowest BCUT2D eigenvalue weighted by molar-refractivity contribution is -0.136. The van der Waals surface area contributed by atoms with E-state index in [1.165, 1.54) is 11.3 Å². The molecule has 0 unspecified atom stereocenters. The summed E-state index contributed by atoms with van der Waals surface area (Å²) < 4.78 is 0. The van der Waals surface area contributed by atoms with Crippen molar-refractivity contribution in [2.24, 2.45) is 11.8 Å². The van der Waals surface area contributed by atoms with E-state index in [0.717, 1.165) is 58.3 Å². The van der Waals surface area contributed by atoms with E-state index in [4.69, 9.17) is 0 Å². The van der Waals surface area contributed by atoms with E-state index in [1.807, 2.05) is 4.90 Å². The van der Waals surface area contributed by atoms with Crippen molar-refractivity contribution in [3.8, 4) is 0 Å². The second-order valence-corrected chi connectivity index (χ2v) is 7.53. The van der Waals surface area contributed by atoms with Crippen molar-refractivity contribution < 1.29 is 9.59 Å². The quantitative estimate of drug-likeness (QED) is 0.889. The maximum absolute atomic E-state index is 12.4. The van der Waals surface area contributed by atoms with E-state index >= 15 is 0 Å². The van der Waals surface area contributed by atoms with Gasteiger partial charge in [0, 0.05) is 50.2 Å². The van der Waals surface area contributed by atoms with Gasteiger partial charge in [0.2, 0.25) is 11.8 Å². The SMILES string of the molecule is O=C(NCCN1CCc2ccccc21)C1CCN(C(=O)C2CC2)CC1. The maximum atomic E-state index is 12.4. The molecule has 2 amide bonds. The molecule has 0 aromatic heterocycles. The fourth-order valence-corrected chi connectivity index (χ4v) is 4.05. The molecule has 3 aliphatic rings. The molecule has 1 aromatic rings. The van der Waals surface area contributed by atoms with Crippen LogP contribution in [0.4, 0.5) is 5.69 Å². The number of anilines is 1. The molecular formula is C20H27N3O2. The van der Waals surface area contributed by atoms with Gasteiger partial charge in [-0.05, 0) is 43.7 Å². The first kappa shape index (κ1) is 16.4. The topological polar surface area (TPSA) is 52.7 Å². The van der Waals surface area contributed by atoms with Gasteiger partial charge in [0.05, 0.1) is 0 Å². The molecule has 2 fully saturated rings. The first-order valence-electron chi connectivity index (χ1n) is 9.62. The molecule has 0 spiro atoms. The van der Waals surface area contributed by atoms with Crippen LogP contribution in [0.25, 0.3) is 0 Å². The number of nitrogens with zero attached hydrogens (tertiary/aromatic N) is 2. The van der Waals surface area contributed by atoms with Crippen molar-refractivity contribution in [3.63, 3.8) is 0 Å². The Bertz CT molecular complexity index is 648. The Morgan fingerprint density at radius 3 is 2.52 bits per heavy atom. The molecule has 1 N–H and O–H groups in total. The zero-order valence-corrected chi connectivity index (χ0v) is 14.7. The number of carbonyl (C=O) groups is 2. The summed E-state index contributed by atoms with van der Waals surface area (Å²) in [6, 6.07) is 8.51. The van der Waals surface area contributed by atoms with Crippen molar-refractivity contribution in [1.29, 1.82) is 0 Å². The molecule has 0 bridgehead atoms. The molecule has 134 valence electrons. The number of piperidine rings is 1. The van der Waals surface area contributed by atoms with E-state index in [0.29, 0.717) is 12.5 Å². The number of likely N-dealkylation sites (tertiary alicyclic amines) is 1. The van der Waals surface area contributed by atoms with Crippen LogP contribution in [0.2, 0.25) is 0 Å². The lowest BCUT2D eigenvalue weighted by Gasteiger charge is -2.31. The van der Waals surface area contributed by atoms with Crippen LogP contribution >= 0.6 is 0 Å². The van der Waals surface area contributed by atoms with Gasteiger partial charge in [-0.1, -0.05) is 18.2 Å². The number of amides is 2. The van der Waals surface area contributed by atoms with Crippen LogP contribution in [-0.4, -0.2) is 49.4 Å². The first-order chi connectivity index (χ1) is 12.2. The predicted molar refractivity (Wildman–Crippen MR) is 97.4 cm³/mol. The van der Waals surface area contributed by atoms with Crippen molar-refractivity contribution in [2.45, 2.75) is 32.1 Å². The molecule has 1 saturated heterocycles. The van der Waals surface area contributed by atoms with Crippen LogP contribution in [0.1, 0.15) is 31.2 Å². The predicted octanol–water partition coefficient (Wildman–Crippen LogP) is 1.81. The Morgan fingerprint density at radius 1 is 1.00 bits per heavy atom. The summed E-state index contributed by atoms with van der Waals surface area (Å²) in [6.45, 7) is 4.08. The minimum absolute atomic E-state index is 0.0640. The van der Waals surface area contributed by atoms with Crippen LogP contribution < -0.4 is 10.2 Å². The highest BCUT2D eigenvalue weighted by atomic mass is 16.2. The normalized spacial score (nSPS) is 20.5. The number of fused-ring (bicyclic) bond motifs is 1. The molecule has 1 saturated carbocycles. The molecule has 2 heterocycles. The van der Waals surface area contributed by atoms with Gasteiger partial charge in [-0.3, -0.25) is 9.59 Å². The van der Waals surface area contributed by atoms with E-state index in [-0.39, 0.29) is 17.7 Å². The Hall–Kier alpha value is -2.04. The third kappa shape index (κ3) is 3.65. The minimum atomic E-state index is 0.0640. The Balaban J connectivity index is 1.19. The highest BCUT2D eigenvalue weighted by Crippen LogP contribution is 2.32. The van der Waals surface area contributed by atoms with Gasteiger partial charge in [-0.15, -0.1) is 0 Å². The lowest BCUT2D eigenvalue weighted by Crippen LogP contribution is -2.44. The Morgan fingerprint density at radius 2 is 1.76 bits per heavy atom. The summed E-state index contributed by atoms with van der Waals surface area (Å²) in [7, 11) is 0. The maximum Gasteiger partial charge on any atom is 0.225 e. The highest BCUT2D eigenvalue weighted by Gasteiger charge is 2.35. The van der Waals surface area contributed by atoms with E-state index < -0.39 is 0 Å². The molecule has 0 radical (unpaired) electrons. The van der Waals surface area contributed by atoms with Crippen molar-refractivity contribution in [1.82, 2.24) is 10.2 Å². The van der Waals surface area contributed by atoms with Crippen LogP contribution in [0, 0.1) is 11.8 Å². The van der Waals surface area contributed by atoms with Gasteiger partial charge < -0.3 is 15.1 Å². The molecule has 1 aromatic carbocycles. The summed E-state index contributed by atoms with van der Waals surface area (Å²) in [5.41, 5.74) is 2.71. The van der Waals surface area contributed by atoms with Crippen LogP contribution in [0.3, 0.4) is 0 Å². The van der Waals surface area contributed by atoms with E-state index in [9.17, 15) is 9.59 Å². The van der Waals surface area contributed by atoms with Gasteiger partial charge in [0.25, 0.3) is 0 Å². The fourth-order valence-electron chi connectivity index (χ4n) is 4.05. The summed E-state index contributed by atoms with van der Waals surface area (Å²) in [5.74, 6) is 0.820. The number of nitrogens with one attached hydrogen (secondary N) is 1.